The molecule has 3 aromatic rings. The lowest BCUT2D eigenvalue weighted by molar-refractivity contribution is 0.0518. The lowest BCUT2D eigenvalue weighted by atomic mass is 10.1. The zero-order chi connectivity index (χ0) is 20.2. The molecule has 2 aromatic heterocycles. The highest BCUT2D eigenvalue weighted by Crippen LogP contribution is 2.36. The van der Waals surface area contributed by atoms with Gasteiger partial charge in [0.05, 0.1) is 25.5 Å². The van der Waals surface area contributed by atoms with Gasteiger partial charge in [-0.05, 0) is 50.8 Å². The molecule has 1 fully saturated rings. The first kappa shape index (κ1) is 19.5. The van der Waals surface area contributed by atoms with Crippen molar-refractivity contribution in [2.24, 2.45) is 0 Å². The van der Waals surface area contributed by atoms with Crippen molar-refractivity contribution in [3.8, 4) is 11.5 Å². The van der Waals surface area contributed by atoms with Crippen LogP contribution in [-0.4, -0.2) is 35.2 Å². The van der Waals surface area contributed by atoms with Crippen molar-refractivity contribution in [1.82, 2.24) is 9.38 Å². The molecule has 29 heavy (non-hydrogen) atoms. The van der Waals surface area contributed by atoms with Crippen molar-refractivity contribution in [3.05, 3.63) is 46.7 Å². The molecule has 0 spiro atoms. The van der Waals surface area contributed by atoms with Gasteiger partial charge in [0.25, 0.3) is 0 Å². The summed E-state index contributed by atoms with van der Waals surface area (Å²) >= 11 is 1.48. The Morgan fingerprint density at radius 2 is 2.14 bits per heavy atom. The third-order valence-corrected chi connectivity index (χ3v) is 5.75. The summed E-state index contributed by atoms with van der Waals surface area (Å²) in [5.41, 5.74) is 1.90. The summed E-state index contributed by atoms with van der Waals surface area (Å²) < 4.78 is 18.8. The third-order valence-electron chi connectivity index (χ3n) is 4.99. The maximum Gasteiger partial charge on any atom is 0.357 e. The number of ether oxygens (including phenoxy) is 3. The fourth-order valence-corrected chi connectivity index (χ4v) is 4.33. The number of imidazole rings is 1. The minimum atomic E-state index is -0.383. The van der Waals surface area contributed by atoms with Crippen LogP contribution in [0.25, 0.3) is 17.1 Å². The van der Waals surface area contributed by atoms with Gasteiger partial charge in [-0.1, -0.05) is 12.1 Å². The van der Waals surface area contributed by atoms with E-state index in [1.54, 1.807) is 18.4 Å². The molecule has 152 valence electrons. The second-order valence-corrected chi connectivity index (χ2v) is 7.73. The predicted octanol–water partition coefficient (Wildman–Crippen LogP) is 5.07. The number of hydrogen-bond donors (Lipinski definition) is 0. The van der Waals surface area contributed by atoms with Crippen molar-refractivity contribution < 1.29 is 19.0 Å². The van der Waals surface area contributed by atoms with E-state index in [-0.39, 0.29) is 12.1 Å². The van der Waals surface area contributed by atoms with Gasteiger partial charge in [0, 0.05) is 17.1 Å². The molecule has 0 bridgehead atoms. The van der Waals surface area contributed by atoms with Crippen molar-refractivity contribution in [1.29, 1.82) is 0 Å². The number of rotatable bonds is 7. The number of para-hydroxylation sites is 1. The topological polar surface area (TPSA) is 62.1 Å². The number of thiazole rings is 1. The monoisotopic (exact) mass is 412 g/mol. The molecule has 2 heterocycles. The minimum Gasteiger partial charge on any atom is -0.493 e. The molecule has 1 saturated carbocycles. The molecule has 1 aromatic carbocycles. The Morgan fingerprint density at radius 3 is 2.90 bits per heavy atom. The first-order valence-electron chi connectivity index (χ1n) is 9.85. The zero-order valence-corrected chi connectivity index (χ0v) is 17.4. The maximum absolute atomic E-state index is 12.5. The van der Waals surface area contributed by atoms with Crippen LogP contribution in [0.1, 0.15) is 54.4 Å². The number of hydrogen-bond acceptors (Lipinski definition) is 6. The Bertz CT molecular complexity index is 1030. The van der Waals surface area contributed by atoms with Gasteiger partial charge < -0.3 is 14.2 Å². The second-order valence-electron chi connectivity index (χ2n) is 6.86. The van der Waals surface area contributed by atoms with Crippen LogP contribution >= 0.6 is 11.3 Å². The van der Waals surface area contributed by atoms with Crippen LogP contribution < -0.4 is 9.47 Å². The number of carbonyl (C=O) groups excluding carboxylic acids is 1. The highest BCUT2D eigenvalue weighted by atomic mass is 32.1. The SMILES string of the molecule is CCOC(=O)c1c(C=Cc2cccc(OC)c2OC2CCCC2)nc2sccn12. The first-order valence-corrected chi connectivity index (χ1v) is 10.7. The highest BCUT2D eigenvalue weighted by molar-refractivity contribution is 7.15. The number of nitrogens with zero attached hydrogens (tertiary/aromatic N) is 2. The number of carbonyl (C=O) groups is 1. The van der Waals surface area contributed by atoms with Crippen LogP contribution in [0, 0.1) is 0 Å². The number of aromatic nitrogens is 2. The lowest BCUT2D eigenvalue weighted by Gasteiger charge is -2.18. The lowest BCUT2D eigenvalue weighted by Crippen LogP contribution is -2.12. The molecule has 0 aliphatic heterocycles. The average molecular weight is 413 g/mol. The maximum atomic E-state index is 12.5. The third kappa shape index (κ3) is 4.00. The van der Waals surface area contributed by atoms with Gasteiger partial charge in [-0.25, -0.2) is 9.78 Å². The predicted molar refractivity (Wildman–Crippen MR) is 114 cm³/mol. The van der Waals surface area contributed by atoms with E-state index in [1.165, 1.54) is 24.2 Å². The van der Waals surface area contributed by atoms with Crippen LogP contribution in [-0.2, 0) is 4.74 Å². The quantitative estimate of drug-likeness (QED) is 0.507. The molecule has 7 heteroatoms. The molecule has 6 nitrogen and oxygen atoms in total. The fourth-order valence-electron chi connectivity index (χ4n) is 3.61. The van der Waals surface area contributed by atoms with E-state index in [4.69, 9.17) is 14.2 Å². The minimum absolute atomic E-state index is 0.214. The van der Waals surface area contributed by atoms with Gasteiger partial charge >= 0.3 is 5.97 Å². The summed E-state index contributed by atoms with van der Waals surface area (Å²) in [6, 6.07) is 5.81. The van der Waals surface area contributed by atoms with Crippen molar-refractivity contribution in [2.45, 2.75) is 38.7 Å². The van der Waals surface area contributed by atoms with Crippen LogP contribution in [0.5, 0.6) is 11.5 Å². The van der Waals surface area contributed by atoms with E-state index in [0.717, 1.165) is 29.1 Å². The molecule has 0 saturated heterocycles. The first-order chi connectivity index (χ1) is 14.2. The van der Waals surface area contributed by atoms with Crippen LogP contribution in [0.3, 0.4) is 0 Å². The molecule has 0 N–H and O–H groups in total. The molecule has 4 rings (SSSR count). The molecule has 0 radical (unpaired) electrons. The molecule has 0 unspecified atom stereocenters. The normalized spacial score (nSPS) is 14.7. The standard InChI is InChI=1S/C22H24N2O4S/c1-3-27-21(25)19-17(23-22-24(19)13-14-29-22)12-11-15-7-6-10-18(26-2)20(15)28-16-8-4-5-9-16/h6-7,10-14,16H,3-5,8-9H2,1-2H3. The fraction of sp³-hybridized carbons (Fsp3) is 0.364. The van der Waals surface area contributed by atoms with E-state index in [0.29, 0.717) is 23.7 Å². The number of fused-ring (bicyclic) bond motifs is 1. The van der Waals surface area contributed by atoms with Crippen LogP contribution in [0.4, 0.5) is 0 Å². The summed E-state index contributed by atoms with van der Waals surface area (Å²) in [6.45, 7) is 2.11. The smallest absolute Gasteiger partial charge is 0.357 e. The second kappa shape index (κ2) is 8.69. The summed E-state index contributed by atoms with van der Waals surface area (Å²) in [5.74, 6) is 1.05. The van der Waals surface area contributed by atoms with E-state index in [1.807, 2.05) is 41.9 Å². The van der Waals surface area contributed by atoms with Gasteiger partial charge in [-0.3, -0.25) is 4.40 Å². The Labute approximate surface area is 173 Å². The summed E-state index contributed by atoms with van der Waals surface area (Å²) in [4.78, 5) is 17.8. The van der Waals surface area contributed by atoms with Crippen molar-refractivity contribution >= 4 is 34.4 Å². The summed E-state index contributed by atoms with van der Waals surface area (Å²) in [5, 5.41) is 1.90. The molecular weight excluding hydrogens is 388 g/mol. The largest absolute Gasteiger partial charge is 0.493 e. The van der Waals surface area contributed by atoms with E-state index in [2.05, 4.69) is 4.98 Å². The average Bonchev–Trinajstić information content (AvgIpc) is 3.44. The van der Waals surface area contributed by atoms with Crippen molar-refractivity contribution in [3.63, 3.8) is 0 Å². The molecule has 1 aliphatic rings. The number of benzene rings is 1. The van der Waals surface area contributed by atoms with E-state index in [9.17, 15) is 4.79 Å². The Morgan fingerprint density at radius 1 is 1.31 bits per heavy atom. The van der Waals surface area contributed by atoms with Gasteiger partial charge in [-0.2, -0.15) is 0 Å². The molecule has 0 amide bonds. The molecular formula is C22H24N2O4S. The van der Waals surface area contributed by atoms with Crippen LogP contribution in [0.2, 0.25) is 0 Å². The number of esters is 1. The van der Waals surface area contributed by atoms with Gasteiger partial charge in [0.2, 0.25) is 0 Å². The van der Waals surface area contributed by atoms with Crippen LogP contribution in [0.15, 0.2) is 29.8 Å². The Balaban J connectivity index is 1.70. The highest BCUT2D eigenvalue weighted by Gasteiger charge is 2.21. The van der Waals surface area contributed by atoms with Gasteiger partial charge in [0.1, 0.15) is 0 Å². The molecule has 1 aliphatic carbocycles. The Hall–Kier alpha value is -2.80. The van der Waals surface area contributed by atoms with Gasteiger partial charge in [-0.15, -0.1) is 11.3 Å². The number of methoxy groups -OCH3 is 1. The van der Waals surface area contributed by atoms with E-state index < -0.39 is 0 Å². The zero-order valence-electron chi connectivity index (χ0n) is 16.6. The summed E-state index contributed by atoms with van der Waals surface area (Å²) in [7, 11) is 1.65. The Kier molecular flexibility index (Phi) is 5.85. The van der Waals surface area contributed by atoms with E-state index >= 15 is 0 Å². The molecule has 0 atom stereocenters. The van der Waals surface area contributed by atoms with Gasteiger partial charge in [0.15, 0.2) is 22.2 Å². The van der Waals surface area contributed by atoms with Crippen molar-refractivity contribution in [2.75, 3.05) is 13.7 Å². The summed E-state index contributed by atoms with van der Waals surface area (Å²) in [6.07, 6.45) is 10.3.